The molecule has 1 fully saturated rings. The van der Waals surface area contributed by atoms with Gasteiger partial charge >= 0.3 is 0 Å². The minimum Gasteiger partial charge on any atom is -0.359 e. The first kappa shape index (κ1) is 20.1. The summed E-state index contributed by atoms with van der Waals surface area (Å²) in [6, 6.07) is 15.8. The number of fused-ring (bicyclic) bond motifs is 1. The molecule has 0 unspecified atom stereocenters. The molecule has 1 saturated heterocycles. The molecule has 1 atom stereocenters. The van der Waals surface area contributed by atoms with Crippen LogP contribution >= 0.6 is 0 Å². The first-order chi connectivity index (χ1) is 14.6. The average Bonchev–Trinajstić information content (AvgIpc) is 3.23. The predicted molar refractivity (Wildman–Crippen MR) is 114 cm³/mol. The van der Waals surface area contributed by atoms with Gasteiger partial charge in [-0.15, -0.1) is 0 Å². The Hall–Kier alpha value is -3.19. The molecule has 30 heavy (non-hydrogen) atoms. The van der Waals surface area contributed by atoms with E-state index in [0.29, 0.717) is 25.4 Å². The van der Waals surface area contributed by atoms with Crippen LogP contribution in [0, 0.1) is 0 Å². The molecule has 0 bridgehead atoms. The van der Waals surface area contributed by atoms with E-state index < -0.39 is 6.04 Å². The van der Waals surface area contributed by atoms with Crippen molar-refractivity contribution in [2.24, 2.45) is 0 Å². The summed E-state index contributed by atoms with van der Waals surface area (Å²) in [6.45, 7) is 4.17. The quantitative estimate of drug-likeness (QED) is 0.629. The van der Waals surface area contributed by atoms with Gasteiger partial charge in [0.15, 0.2) is 5.76 Å². The number of aryl methyl sites for hydroxylation is 1. The van der Waals surface area contributed by atoms with E-state index in [-0.39, 0.29) is 24.8 Å². The SMILES string of the molecule is CCc1cc(CNC(=O)C[C@H]2C(=O)NCCN2Cc2cccc3ccccc23)on1. The van der Waals surface area contributed by atoms with Gasteiger partial charge in [-0.05, 0) is 22.8 Å². The Kier molecular flexibility index (Phi) is 6.09. The van der Waals surface area contributed by atoms with Crippen molar-refractivity contribution in [1.82, 2.24) is 20.7 Å². The molecule has 2 heterocycles. The molecule has 0 aliphatic carbocycles. The highest BCUT2D eigenvalue weighted by molar-refractivity contribution is 5.89. The van der Waals surface area contributed by atoms with Crippen molar-refractivity contribution in [3.8, 4) is 0 Å². The van der Waals surface area contributed by atoms with Crippen LogP contribution < -0.4 is 10.6 Å². The number of carbonyl (C=O) groups is 2. The molecule has 1 aromatic heterocycles. The third-order valence-corrected chi connectivity index (χ3v) is 5.50. The number of nitrogens with one attached hydrogen (secondary N) is 2. The maximum absolute atomic E-state index is 12.5. The molecular weight excluding hydrogens is 380 g/mol. The summed E-state index contributed by atoms with van der Waals surface area (Å²) in [5.74, 6) is 0.319. The van der Waals surface area contributed by atoms with Crippen LogP contribution in [0.1, 0.15) is 30.4 Å². The second-order valence-electron chi connectivity index (χ2n) is 7.53. The van der Waals surface area contributed by atoms with Crippen molar-refractivity contribution < 1.29 is 14.1 Å². The van der Waals surface area contributed by atoms with E-state index in [1.165, 1.54) is 10.8 Å². The Morgan fingerprint density at radius 3 is 2.93 bits per heavy atom. The fraction of sp³-hybridized carbons (Fsp3) is 0.348. The molecule has 1 aliphatic rings. The molecule has 2 aromatic carbocycles. The zero-order valence-electron chi connectivity index (χ0n) is 17.1. The number of aromatic nitrogens is 1. The van der Waals surface area contributed by atoms with Crippen LogP contribution in [-0.2, 0) is 29.1 Å². The molecule has 0 spiro atoms. The highest BCUT2D eigenvalue weighted by atomic mass is 16.5. The van der Waals surface area contributed by atoms with Crippen molar-refractivity contribution in [1.29, 1.82) is 0 Å². The zero-order chi connectivity index (χ0) is 20.9. The molecule has 4 rings (SSSR count). The average molecular weight is 406 g/mol. The third-order valence-electron chi connectivity index (χ3n) is 5.50. The maximum Gasteiger partial charge on any atom is 0.237 e. The molecule has 156 valence electrons. The van der Waals surface area contributed by atoms with Crippen molar-refractivity contribution in [3.63, 3.8) is 0 Å². The van der Waals surface area contributed by atoms with E-state index in [2.05, 4.69) is 45.0 Å². The van der Waals surface area contributed by atoms with E-state index in [9.17, 15) is 9.59 Å². The first-order valence-electron chi connectivity index (χ1n) is 10.3. The molecule has 7 heteroatoms. The maximum atomic E-state index is 12.5. The molecule has 2 amide bonds. The van der Waals surface area contributed by atoms with Crippen LogP contribution in [0.5, 0.6) is 0 Å². The Balaban J connectivity index is 1.43. The lowest BCUT2D eigenvalue weighted by molar-refractivity contribution is -0.134. The van der Waals surface area contributed by atoms with Gasteiger partial charge in [-0.1, -0.05) is 54.5 Å². The Morgan fingerprint density at radius 1 is 1.27 bits per heavy atom. The lowest BCUT2D eigenvalue weighted by atomic mass is 10.0. The van der Waals surface area contributed by atoms with Gasteiger partial charge in [0.2, 0.25) is 11.8 Å². The predicted octanol–water partition coefficient (Wildman–Crippen LogP) is 2.40. The van der Waals surface area contributed by atoms with E-state index in [1.807, 2.05) is 31.2 Å². The fourth-order valence-corrected chi connectivity index (χ4v) is 3.86. The van der Waals surface area contributed by atoms with Crippen LogP contribution in [0.25, 0.3) is 10.8 Å². The number of rotatable bonds is 7. The van der Waals surface area contributed by atoms with E-state index >= 15 is 0 Å². The molecule has 0 radical (unpaired) electrons. The zero-order valence-corrected chi connectivity index (χ0v) is 17.1. The summed E-state index contributed by atoms with van der Waals surface area (Å²) in [5.41, 5.74) is 2.01. The third kappa shape index (κ3) is 4.52. The number of hydrogen-bond donors (Lipinski definition) is 2. The van der Waals surface area contributed by atoms with E-state index in [1.54, 1.807) is 0 Å². The highest BCUT2D eigenvalue weighted by Gasteiger charge is 2.31. The number of nitrogens with zero attached hydrogens (tertiary/aromatic N) is 2. The van der Waals surface area contributed by atoms with Crippen molar-refractivity contribution in [2.45, 2.75) is 38.9 Å². The smallest absolute Gasteiger partial charge is 0.237 e. The van der Waals surface area contributed by atoms with Gasteiger partial charge in [0, 0.05) is 25.7 Å². The molecule has 1 aliphatic heterocycles. The lowest BCUT2D eigenvalue weighted by Crippen LogP contribution is -2.56. The van der Waals surface area contributed by atoms with Gasteiger partial charge in [0.1, 0.15) is 0 Å². The van der Waals surface area contributed by atoms with Gasteiger partial charge in [0.25, 0.3) is 0 Å². The standard InChI is InChI=1S/C23H26N4O3/c1-2-18-12-19(30-26-18)14-25-22(28)13-21-23(29)24-10-11-27(21)15-17-8-5-7-16-6-3-4-9-20(16)17/h3-9,12,21H,2,10-11,13-15H2,1H3,(H,24,29)(H,25,28)/t21-/m0/s1. The minimum absolute atomic E-state index is 0.103. The summed E-state index contributed by atoms with van der Waals surface area (Å²) in [7, 11) is 0. The number of carbonyl (C=O) groups excluding carboxylic acids is 2. The summed E-state index contributed by atoms with van der Waals surface area (Å²) >= 11 is 0. The normalized spacial score (nSPS) is 17.1. The van der Waals surface area contributed by atoms with Gasteiger partial charge in [-0.25, -0.2) is 0 Å². The Morgan fingerprint density at radius 2 is 2.10 bits per heavy atom. The van der Waals surface area contributed by atoms with Crippen LogP contribution in [-0.4, -0.2) is 41.0 Å². The highest BCUT2D eigenvalue weighted by Crippen LogP contribution is 2.22. The summed E-state index contributed by atoms with van der Waals surface area (Å²) in [6.07, 6.45) is 0.883. The van der Waals surface area contributed by atoms with E-state index in [0.717, 1.165) is 17.7 Å². The van der Waals surface area contributed by atoms with Gasteiger partial charge in [-0.2, -0.15) is 0 Å². The molecular formula is C23H26N4O3. The molecule has 2 N–H and O–H groups in total. The molecule has 3 aromatic rings. The minimum atomic E-state index is -0.501. The Labute approximate surface area is 175 Å². The first-order valence-corrected chi connectivity index (χ1v) is 10.3. The van der Waals surface area contributed by atoms with Crippen molar-refractivity contribution in [2.75, 3.05) is 13.1 Å². The van der Waals surface area contributed by atoms with Crippen molar-refractivity contribution >= 4 is 22.6 Å². The topological polar surface area (TPSA) is 87.5 Å². The summed E-state index contributed by atoms with van der Waals surface area (Å²) in [4.78, 5) is 27.2. The van der Waals surface area contributed by atoms with Gasteiger partial charge in [-0.3, -0.25) is 14.5 Å². The number of hydrogen-bond acceptors (Lipinski definition) is 5. The van der Waals surface area contributed by atoms with Crippen molar-refractivity contribution in [3.05, 3.63) is 65.5 Å². The summed E-state index contributed by atoms with van der Waals surface area (Å²) in [5, 5.41) is 12.0. The number of piperazine rings is 1. The van der Waals surface area contributed by atoms with Crippen LogP contribution in [0.3, 0.4) is 0 Å². The van der Waals surface area contributed by atoms with Crippen LogP contribution in [0.15, 0.2) is 53.1 Å². The second-order valence-corrected chi connectivity index (χ2v) is 7.53. The molecule has 0 saturated carbocycles. The van der Waals surface area contributed by atoms with E-state index in [4.69, 9.17) is 4.52 Å². The Bertz CT molecular complexity index is 1040. The largest absolute Gasteiger partial charge is 0.359 e. The lowest BCUT2D eigenvalue weighted by Gasteiger charge is -2.35. The number of benzene rings is 2. The summed E-state index contributed by atoms with van der Waals surface area (Å²) < 4.78 is 5.20. The monoisotopic (exact) mass is 406 g/mol. The number of amides is 2. The molecule has 7 nitrogen and oxygen atoms in total. The fourth-order valence-electron chi connectivity index (χ4n) is 3.86. The van der Waals surface area contributed by atoms with Gasteiger partial charge < -0.3 is 15.2 Å². The van der Waals surface area contributed by atoms with Crippen LogP contribution in [0.2, 0.25) is 0 Å². The van der Waals surface area contributed by atoms with Crippen LogP contribution in [0.4, 0.5) is 0 Å². The second kappa shape index (κ2) is 9.09. The van der Waals surface area contributed by atoms with Gasteiger partial charge in [0.05, 0.1) is 24.7 Å².